The van der Waals surface area contributed by atoms with Crippen LogP contribution in [0.5, 0.6) is 0 Å². The molecule has 4 rings (SSSR count). The second kappa shape index (κ2) is 10.0. The Morgan fingerprint density at radius 1 is 1.26 bits per heavy atom. The van der Waals surface area contributed by atoms with Crippen molar-refractivity contribution in [2.45, 2.75) is 57.3 Å². The second-order valence-electron chi connectivity index (χ2n) is 9.30. The minimum absolute atomic E-state index is 0.203. The van der Waals surface area contributed by atoms with Gasteiger partial charge in [-0.1, -0.05) is 29.6 Å². The van der Waals surface area contributed by atoms with Gasteiger partial charge in [0.05, 0.1) is 17.7 Å². The number of primary amides is 1. The molecule has 1 unspecified atom stereocenters. The van der Waals surface area contributed by atoms with Crippen LogP contribution in [0.2, 0.25) is 5.02 Å². The molecule has 0 spiro atoms. The number of halogens is 1. The van der Waals surface area contributed by atoms with Gasteiger partial charge in [-0.2, -0.15) is 5.26 Å². The van der Waals surface area contributed by atoms with Crippen LogP contribution in [0.1, 0.15) is 63.0 Å². The van der Waals surface area contributed by atoms with E-state index in [2.05, 4.69) is 16.1 Å². The molecule has 1 aromatic carbocycles. The Labute approximate surface area is 188 Å². The summed E-state index contributed by atoms with van der Waals surface area (Å²) in [5.41, 5.74) is 7.15. The molecule has 1 saturated heterocycles. The maximum absolute atomic E-state index is 11.2. The minimum Gasteiger partial charge on any atom is -0.370 e. The van der Waals surface area contributed by atoms with Gasteiger partial charge in [-0.3, -0.25) is 4.79 Å². The predicted octanol–water partition coefficient (Wildman–Crippen LogP) is 4.87. The number of piperidine rings is 1. The van der Waals surface area contributed by atoms with Crippen LogP contribution in [0, 0.1) is 29.1 Å². The lowest BCUT2D eigenvalue weighted by molar-refractivity contribution is -0.119. The van der Waals surface area contributed by atoms with E-state index < -0.39 is 0 Å². The van der Waals surface area contributed by atoms with Crippen molar-refractivity contribution in [3.05, 3.63) is 28.9 Å². The number of amides is 1. The highest BCUT2D eigenvalue weighted by atomic mass is 35.5. The Balaban J connectivity index is 1.21. The number of nitriles is 1. The van der Waals surface area contributed by atoms with E-state index in [0.717, 1.165) is 80.7 Å². The SMILES string of the molecule is N#CC(CC(N)=O)C1CCC(CCN2CCC(c3noc4cc(Cl)ccc34)CC2)CC1. The normalized spacial score (nSPS) is 24.1. The van der Waals surface area contributed by atoms with Crippen LogP contribution in [0.3, 0.4) is 0 Å². The highest BCUT2D eigenvalue weighted by Gasteiger charge is 2.30. The van der Waals surface area contributed by atoms with Gasteiger partial charge >= 0.3 is 0 Å². The molecule has 166 valence electrons. The van der Waals surface area contributed by atoms with Gasteiger partial charge in [-0.15, -0.1) is 0 Å². The molecule has 1 aliphatic heterocycles. The Hall–Kier alpha value is -2.10. The fraction of sp³-hybridized carbons (Fsp3) is 0.625. The van der Waals surface area contributed by atoms with Crippen LogP contribution in [0.25, 0.3) is 11.0 Å². The van der Waals surface area contributed by atoms with Gasteiger partial charge in [-0.25, -0.2) is 0 Å². The first-order chi connectivity index (χ1) is 15.0. The number of benzene rings is 1. The molecule has 2 fully saturated rings. The van der Waals surface area contributed by atoms with Gasteiger partial charge in [0.2, 0.25) is 5.91 Å². The van der Waals surface area contributed by atoms with Crippen LogP contribution in [-0.2, 0) is 4.79 Å². The maximum atomic E-state index is 11.2. The fourth-order valence-corrected chi connectivity index (χ4v) is 5.60. The Bertz CT molecular complexity index is 937. The molecule has 0 bridgehead atoms. The van der Waals surface area contributed by atoms with E-state index in [-0.39, 0.29) is 18.2 Å². The lowest BCUT2D eigenvalue weighted by Crippen LogP contribution is -2.35. The number of carbonyl (C=O) groups excluding carboxylic acids is 1. The van der Waals surface area contributed by atoms with Gasteiger partial charge in [0.15, 0.2) is 5.58 Å². The molecule has 2 N–H and O–H groups in total. The van der Waals surface area contributed by atoms with Crippen molar-refractivity contribution in [2.24, 2.45) is 23.5 Å². The molecule has 2 aliphatic rings. The first-order valence-electron chi connectivity index (χ1n) is 11.5. The van der Waals surface area contributed by atoms with Crippen molar-refractivity contribution in [1.82, 2.24) is 10.1 Å². The summed E-state index contributed by atoms with van der Waals surface area (Å²) < 4.78 is 5.50. The molecule has 1 aromatic heterocycles. The lowest BCUT2D eigenvalue weighted by atomic mass is 9.74. The summed E-state index contributed by atoms with van der Waals surface area (Å²) in [6.07, 6.45) is 8.03. The summed E-state index contributed by atoms with van der Waals surface area (Å²) in [6.45, 7) is 3.33. The number of nitrogens with zero attached hydrogens (tertiary/aromatic N) is 3. The molecule has 31 heavy (non-hydrogen) atoms. The molecule has 7 heteroatoms. The molecule has 1 saturated carbocycles. The van der Waals surface area contributed by atoms with Crippen LogP contribution < -0.4 is 5.73 Å². The molecular formula is C24H31ClN4O2. The van der Waals surface area contributed by atoms with Crippen LogP contribution in [0.15, 0.2) is 22.7 Å². The Morgan fingerprint density at radius 2 is 2.00 bits per heavy atom. The van der Waals surface area contributed by atoms with Crippen LogP contribution in [-0.4, -0.2) is 35.6 Å². The number of carbonyl (C=O) groups is 1. The van der Waals surface area contributed by atoms with E-state index >= 15 is 0 Å². The van der Waals surface area contributed by atoms with E-state index in [1.54, 1.807) is 0 Å². The van der Waals surface area contributed by atoms with Crippen LogP contribution >= 0.6 is 11.6 Å². The number of rotatable bonds is 7. The summed E-state index contributed by atoms with van der Waals surface area (Å²) in [4.78, 5) is 13.8. The molecule has 1 atom stereocenters. The average Bonchev–Trinajstić information content (AvgIpc) is 3.19. The summed E-state index contributed by atoms with van der Waals surface area (Å²) in [7, 11) is 0. The largest absolute Gasteiger partial charge is 0.370 e. The molecule has 2 heterocycles. The van der Waals surface area contributed by atoms with Gasteiger partial charge in [-0.05, 0) is 75.7 Å². The molecule has 0 radical (unpaired) electrons. The van der Waals surface area contributed by atoms with Gasteiger partial charge in [0.1, 0.15) is 0 Å². The predicted molar refractivity (Wildman–Crippen MR) is 120 cm³/mol. The van der Waals surface area contributed by atoms with Crippen LogP contribution in [0.4, 0.5) is 0 Å². The Morgan fingerprint density at radius 3 is 2.68 bits per heavy atom. The van der Waals surface area contributed by atoms with Crippen molar-refractivity contribution >= 4 is 28.5 Å². The zero-order chi connectivity index (χ0) is 21.8. The van der Waals surface area contributed by atoms with E-state index in [1.165, 1.54) is 6.42 Å². The van der Waals surface area contributed by atoms with E-state index in [9.17, 15) is 10.1 Å². The maximum Gasteiger partial charge on any atom is 0.218 e. The lowest BCUT2D eigenvalue weighted by Gasteiger charge is -2.34. The van der Waals surface area contributed by atoms with Crippen molar-refractivity contribution in [3.8, 4) is 6.07 Å². The van der Waals surface area contributed by atoms with Crippen molar-refractivity contribution in [2.75, 3.05) is 19.6 Å². The fourth-order valence-electron chi connectivity index (χ4n) is 5.43. The zero-order valence-corrected chi connectivity index (χ0v) is 18.7. The standard InChI is InChI=1S/C24H31ClN4O2/c25-20-5-6-21-22(14-20)31-28-24(21)18-8-11-29(12-9-18)10-7-16-1-3-17(4-2-16)19(15-26)13-23(27)30/h5-6,14,16-19H,1-4,7-13H2,(H2,27,30). The molecule has 1 amide bonds. The average molecular weight is 443 g/mol. The van der Waals surface area contributed by atoms with Crippen molar-refractivity contribution < 1.29 is 9.32 Å². The van der Waals surface area contributed by atoms with E-state index in [0.29, 0.717) is 16.9 Å². The zero-order valence-electron chi connectivity index (χ0n) is 17.9. The molecular weight excluding hydrogens is 412 g/mol. The van der Waals surface area contributed by atoms with Crippen molar-refractivity contribution in [1.29, 1.82) is 5.26 Å². The number of fused-ring (bicyclic) bond motifs is 1. The first kappa shape index (κ1) is 22.1. The quantitative estimate of drug-likeness (QED) is 0.659. The first-order valence-corrected chi connectivity index (χ1v) is 11.9. The number of aromatic nitrogens is 1. The number of hydrogen-bond acceptors (Lipinski definition) is 5. The topological polar surface area (TPSA) is 96.1 Å². The molecule has 2 aromatic rings. The molecule has 6 nitrogen and oxygen atoms in total. The van der Waals surface area contributed by atoms with Gasteiger partial charge in [0.25, 0.3) is 0 Å². The highest BCUT2D eigenvalue weighted by Crippen LogP contribution is 2.37. The van der Waals surface area contributed by atoms with Crippen molar-refractivity contribution in [3.63, 3.8) is 0 Å². The minimum atomic E-state index is -0.362. The van der Waals surface area contributed by atoms with Gasteiger partial charge in [0, 0.05) is 28.8 Å². The number of hydrogen-bond donors (Lipinski definition) is 1. The smallest absolute Gasteiger partial charge is 0.218 e. The summed E-state index contributed by atoms with van der Waals surface area (Å²) in [5, 5.41) is 15.5. The summed E-state index contributed by atoms with van der Waals surface area (Å²) in [6, 6.07) is 8.07. The number of nitrogens with two attached hydrogens (primary N) is 1. The number of likely N-dealkylation sites (tertiary alicyclic amines) is 1. The summed E-state index contributed by atoms with van der Waals surface area (Å²) >= 11 is 6.06. The third-order valence-electron chi connectivity index (χ3n) is 7.34. The second-order valence-corrected chi connectivity index (χ2v) is 9.74. The monoisotopic (exact) mass is 442 g/mol. The van der Waals surface area contributed by atoms with Gasteiger partial charge < -0.3 is 15.2 Å². The third-order valence-corrected chi connectivity index (χ3v) is 7.57. The third kappa shape index (κ3) is 5.39. The van der Waals surface area contributed by atoms with E-state index in [1.807, 2.05) is 18.2 Å². The highest BCUT2D eigenvalue weighted by molar-refractivity contribution is 6.31. The Kier molecular flexibility index (Phi) is 7.14. The summed E-state index contributed by atoms with van der Waals surface area (Å²) in [5.74, 6) is 0.936. The molecule has 1 aliphatic carbocycles. The van der Waals surface area contributed by atoms with E-state index in [4.69, 9.17) is 21.9 Å².